The van der Waals surface area contributed by atoms with E-state index in [9.17, 15) is 9.90 Å². The fourth-order valence-electron chi connectivity index (χ4n) is 11.7. The summed E-state index contributed by atoms with van der Waals surface area (Å²) < 4.78 is 5.49. The summed E-state index contributed by atoms with van der Waals surface area (Å²) in [6.45, 7) is 19.1. The second-order valence-corrected chi connectivity index (χ2v) is 14.7. The molecule has 0 aromatic rings. The lowest BCUT2D eigenvalue weighted by atomic mass is 9.32. The highest BCUT2D eigenvalue weighted by molar-refractivity contribution is 5.78. The Hall–Kier alpha value is -0.830. The zero-order valence-corrected chi connectivity index (χ0v) is 23.0. The number of hydrogen-bond donors (Lipinski definition) is 1. The predicted octanol–water partition coefficient (Wildman–Crippen LogP) is 7.18. The maximum Gasteiger partial charge on any atom is 0.312 e. The summed E-state index contributed by atoms with van der Waals surface area (Å²) in [6.07, 6.45) is 11.1. The summed E-state index contributed by atoms with van der Waals surface area (Å²) in [4.78, 5) is 13.3. The van der Waals surface area contributed by atoms with E-state index in [0.717, 1.165) is 38.5 Å². The van der Waals surface area contributed by atoms with Gasteiger partial charge in [-0.15, -0.1) is 0 Å². The number of carbonyl (C=O) groups excluding carboxylic acids is 1. The predicted molar refractivity (Wildman–Crippen MR) is 137 cm³/mol. The van der Waals surface area contributed by atoms with Crippen molar-refractivity contribution in [2.24, 2.45) is 56.7 Å². The normalized spacial score (nSPS) is 53.6. The number of allylic oxidation sites excluding steroid dienone is 1. The number of aliphatic hydroxyl groups excluding tert-OH is 1. The smallest absolute Gasteiger partial charge is 0.312 e. The van der Waals surface area contributed by atoms with Crippen molar-refractivity contribution >= 4 is 5.97 Å². The van der Waals surface area contributed by atoms with Crippen molar-refractivity contribution in [3.8, 4) is 0 Å². The van der Waals surface area contributed by atoms with Gasteiger partial charge in [0.15, 0.2) is 0 Å². The highest BCUT2D eigenvalue weighted by Crippen LogP contribution is 2.77. The fraction of sp³-hybridized carbons (Fsp3) is 0.903. The molecule has 0 spiro atoms. The maximum absolute atomic E-state index is 13.3. The Morgan fingerprint density at radius 3 is 2.21 bits per heavy atom. The number of fused-ring (bicyclic) bond motifs is 7. The van der Waals surface area contributed by atoms with E-state index in [4.69, 9.17) is 4.74 Å². The summed E-state index contributed by atoms with van der Waals surface area (Å²) in [5.41, 5.74) is 1.78. The Labute approximate surface area is 208 Å². The SMILES string of the molecule is C=C(C)[C@@H]1CC[C@]2(C(=O)OC)CC[C@]3(C)[C@H](CC[C@@H]4[C@@]5(C)CC[C@@H](O)C(C)(C)[C@@H]5CC[C@]43C)[C@H]12. The van der Waals surface area contributed by atoms with Gasteiger partial charge < -0.3 is 9.84 Å². The van der Waals surface area contributed by atoms with E-state index in [1.54, 1.807) is 7.11 Å². The molecule has 0 aromatic carbocycles. The number of carbonyl (C=O) groups is 1. The first-order valence-corrected chi connectivity index (χ1v) is 14.2. The summed E-state index contributed by atoms with van der Waals surface area (Å²) in [5.74, 6) is 2.72. The van der Waals surface area contributed by atoms with Crippen LogP contribution in [0.2, 0.25) is 0 Å². The van der Waals surface area contributed by atoms with Crippen molar-refractivity contribution in [3.05, 3.63) is 12.2 Å². The summed E-state index contributed by atoms with van der Waals surface area (Å²) in [5, 5.41) is 10.9. The molecule has 3 nitrogen and oxygen atoms in total. The van der Waals surface area contributed by atoms with Crippen molar-refractivity contribution in [1.82, 2.24) is 0 Å². The summed E-state index contributed by atoms with van der Waals surface area (Å²) in [7, 11) is 1.59. The number of esters is 1. The third-order valence-electron chi connectivity index (χ3n) is 13.6. The third kappa shape index (κ3) is 2.83. The quantitative estimate of drug-likeness (QED) is 0.343. The summed E-state index contributed by atoms with van der Waals surface area (Å²) in [6, 6.07) is 0. The largest absolute Gasteiger partial charge is 0.469 e. The van der Waals surface area contributed by atoms with Crippen molar-refractivity contribution in [3.63, 3.8) is 0 Å². The zero-order valence-electron chi connectivity index (χ0n) is 23.0. The molecule has 10 atom stereocenters. The minimum Gasteiger partial charge on any atom is -0.469 e. The van der Waals surface area contributed by atoms with E-state index in [0.29, 0.717) is 35.0 Å². The monoisotopic (exact) mass is 470 g/mol. The van der Waals surface area contributed by atoms with Gasteiger partial charge in [0.05, 0.1) is 18.6 Å². The molecule has 5 rings (SSSR count). The van der Waals surface area contributed by atoms with Crippen LogP contribution in [0, 0.1) is 56.7 Å². The molecule has 0 heterocycles. The van der Waals surface area contributed by atoms with Crippen LogP contribution in [0.25, 0.3) is 0 Å². The highest BCUT2D eigenvalue weighted by Gasteiger charge is 2.72. The minimum atomic E-state index is -0.302. The van der Waals surface area contributed by atoms with Crippen LogP contribution >= 0.6 is 0 Å². The number of aliphatic hydroxyl groups is 1. The van der Waals surface area contributed by atoms with Crippen LogP contribution in [-0.2, 0) is 9.53 Å². The average molecular weight is 471 g/mol. The summed E-state index contributed by atoms with van der Waals surface area (Å²) >= 11 is 0. The Morgan fingerprint density at radius 2 is 1.56 bits per heavy atom. The molecule has 0 saturated heterocycles. The molecular formula is C31H50O3. The second-order valence-electron chi connectivity index (χ2n) is 14.7. The molecule has 5 fully saturated rings. The molecule has 1 N–H and O–H groups in total. The van der Waals surface area contributed by atoms with Crippen LogP contribution < -0.4 is 0 Å². The van der Waals surface area contributed by atoms with Crippen LogP contribution in [0.15, 0.2) is 12.2 Å². The Balaban J connectivity index is 1.56. The standard InChI is InChI=1S/C31H50O3/c1-19(2)20-11-16-31(26(33)34-8)18-17-29(6)21(25(20)31)9-10-23-28(5)14-13-24(32)27(3,4)22(28)12-15-30(23,29)7/h20-25,32H,1,9-18H2,2-8H3/t20-,21+,22-,23+,24+,25-,28-,29+,30+,31-/m0/s1. The van der Waals surface area contributed by atoms with Gasteiger partial charge in [-0.25, -0.2) is 0 Å². The Kier molecular flexibility index (Phi) is 5.55. The van der Waals surface area contributed by atoms with Crippen molar-refractivity contribution in [1.29, 1.82) is 0 Å². The van der Waals surface area contributed by atoms with Gasteiger partial charge in [0.1, 0.15) is 0 Å². The van der Waals surface area contributed by atoms with Crippen LogP contribution in [0.5, 0.6) is 0 Å². The molecule has 0 unspecified atom stereocenters. The first-order chi connectivity index (χ1) is 15.8. The molecule has 0 amide bonds. The van der Waals surface area contributed by atoms with Crippen molar-refractivity contribution in [2.75, 3.05) is 7.11 Å². The molecule has 0 radical (unpaired) electrons. The fourth-order valence-corrected chi connectivity index (χ4v) is 11.7. The van der Waals surface area contributed by atoms with E-state index in [-0.39, 0.29) is 33.7 Å². The first-order valence-electron chi connectivity index (χ1n) is 14.2. The molecule has 5 aliphatic carbocycles. The second kappa shape index (κ2) is 7.59. The zero-order chi connectivity index (χ0) is 24.9. The van der Waals surface area contributed by atoms with Gasteiger partial charge in [0.2, 0.25) is 0 Å². The van der Waals surface area contributed by atoms with Crippen molar-refractivity contribution in [2.45, 2.75) is 112 Å². The molecular weight excluding hydrogens is 420 g/mol. The molecule has 0 bridgehead atoms. The van der Waals surface area contributed by atoms with Gasteiger partial charge >= 0.3 is 5.97 Å². The van der Waals surface area contributed by atoms with Gasteiger partial charge in [0.25, 0.3) is 0 Å². The minimum absolute atomic E-state index is 0.00478. The first kappa shape index (κ1) is 24.8. The Morgan fingerprint density at radius 1 is 0.853 bits per heavy atom. The lowest BCUT2D eigenvalue weighted by molar-refractivity contribution is -0.248. The molecule has 5 aliphatic rings. The van der Waals surface area contributed by atoms with Crippen LogP contribution in [0.1, 0.15) is 106 Å². The topological polar surface area (TPSA) is 46.5 Å². The maximum atomic E-state index is 13.3. The van der Waals surface area contributed by atoms with Crippen LogP contribution in [0.3, 0.4) is 0 Å². The molecule has 3 heteroatoms. The van der Waals surface area contributed by atoms with Gasteiger partial charge in [0, 0.05) is 0 Å². The van der Waals surface area contributed by atoms with Gasteiger partial charge in [-0.2, -0.15) is 0 Å². The van der Waals surface area contributed by atoms with Crippen LogP contribution in [0.4, 0.5) is 0 Å². The molecule has 0 aliphatic heterocycles. The van der Waals surface area contributed by atoms with Gasteiger partial charge in [-0.3, -0.25) is 4.79 Å². The highest BCUT2D eigenvalue weighted by atomic mass is 16.5. The average Bonchev–Trinajstić information content (AvgIpc) is 3.18. The van der Waals surface area contributed by atoms with E-state index in [2.05, 4.69) is 48.1 Å². The molecule has 34 heavy (non-hydrogen) atoms. The van der Waals surface area contributed by atoms with Gasteiger partial charge in [-0.05, 0) is 122 Å². The van der Waals surface area contributed by atoms with E-state index in [1.165, 1.54) is 31.3 Å². The lowest BCUT2D eigenvalue weighted by Crippen LogP contribution is -2.67. The number of hydrogen-bond acceptors (Lipinski definition) is 3. The molecule has 0 aromatic heterocycles. The van der Waals surface area contributed by atoms with E-state index >= 15 is 0 Å². The number of methoxy groups -OCH3 is 1. The molecule has 5 saturated carbocycles. The number of rotatable bonds is 2. The number of ether oxygens (including phenoxy) is 1. The lowest BCUT2D eigenvalue weighted by Gasteiger charge is -2.72. The Bertz CT molecular complexity index is 876. The third-order valence-corrected chi connectivity index (χ3v) is 13.6. The van der Waals surface area contributed by atoms with Crippen LogP contribution in [-0.4, -0.2) is 24.3 Å². The van der Waals surface area contributed by atoms with Crippen molar-refractivity contribution < 1.29 is 14.6 Å². The molecule has 192 valence electrons. The van der Waals surface area contributed by atoms with Gasteiger partial charge in [-0.1, -0.05) is 46.8 Å². The van der Waals surface area contributed by atoms with E-state index < -0.39 is 0 Å². The van der Waals surface area contributed by atoms with E-state index in [1.807, 2.05) is 0 Å².